The summed E-state index contributed by atoms with van der Waals surface area (Å²) in [6, 6.07) is 6.63. The predicted molar refractivity (Wildman–Crippen MR) is 73.0 cm³/mol. The molecule has 0 aliphatic carbocycles. The number of hydrogen-bond acceptors (Lipinski definition) is 4. The molecule has 1 aromatic carbocycles. The molecule has 0 N–H and O–H groups in total. The van der Waals surface area contributed by atoms with E-state index < -0.39 is 24.9 Å². The molecular weight excluding hydrogens is 340 g/mol. The Kier molecular flexibility index (Phi) is 3.85. The van der Waals surface area contributed by atoms with Gasteiger partial charge >= 0.3 is 0 Å². The summed E-state index contributed by atoms with van der Waals surface area (Å²) < 4.78 is 48.0. The van der Waals surface area contributed by atoms with Gasteiger partial charge in [0.05, 0.1) is 21.7 Å². The van der Waals surface area contributed by atoms with Crippen LogP contribution in [-0.4, -0.2) is 33.6 Å². The summed E-state index contributed by atoms with van der Waals surface area (Å²) in [6.45, 7) is 0. The third-order valence-corrected chi connectivity index (χ3v) is 8.07. The second kappa shape index (κ2) is 4.94. The molecule has 0 saturated carbocycles. The van der Waals surface area contributed by atoms with E-state index in [1.807, 2.05) is 0 Å². The molecule has 0 unspecified atom stereocenters. The van der Waals surface area contributed by atoms with Crippen molar-refractivity contribution in [3.05, 3.63) is 28.7 Å². The molecule has 1 fully saturated rings. The van der Waals surface area contributed by atoms with Gasteiger partial charge in [-0.25, -0.2) is 16.8 Å². The number of sulfone groups is 2. The van der Waals surface area contributed by atoms with Crippen molar-refractivity contribution >= 4 is 35.6 Å². The van der Waals surface area contributed by atoms with Gasteiger partial charge < -0.3 is 0 Å². The smallest absolute Gasteiger partial charge is 0.182 e. The van der Waals surface area contributed by atoms with E-state index >= 15 is 0 Å². The first-order chi connectivity index (χ1) is 8.33. The van der Waals surface area contributed by atoms with Gasteiger partial charge in [-0.3, -0.25) is 0 Å². The maximum absolute atomic E-state index is 12.4. The minimum atomic E-state index is -3.45. The maximum Gasteiger partial charge on any atom is 0.182 e. The van der Waals surface area contributed by atoms with Gasteiger partial charge in [0.2, 0.25) is 0 Å². The van der Waals surface area contributed by atoms with Crippen LogP contribution in [0, 0.1) is 0 Å². The largest absolute Gasteiger partial charge is 0.229 e. The molecule has 2 rings (SSSR count). The topological polar surface area (TPSA) is 68.3 Å². The number of benzene rings is 1. The highest BCUT2D eigenvalue weighted by Gasteiger charge is 2.34. The fourth-order valence-electron chi connectivity index (χ4n) is 2.03. The van der Waals surface area contributed by atoms with Crippen molar-refractivity contribution < 1.29 is 16.8 Å². The summed E-state index contributed by atoms with van der Waals surface area (Å²) in [4.78, 5) is 0.245. The molecule has 1 aliphatic heterocycles. The molecule has 100 valence electrons. The molecule has 0 bridgehead atoms. The lowest BCUT2D eigenvalue weighted by atomic mass is 10.2. The average molecular weight is 353 g/mol. The van der Waals surface area contributed by atoms with Gasteiger partial charge in [-0.05, 0) is 40.9 Å². The quantitative estimate of drug-likeness (QED) is 0.813. The summed E-state index contributed by atoms with van der Waals surface area (Å²) in [6.07, 6.45) is 0.373. The van der Waals surface area contributed by atoms with Crippen molar-refractivity contribution in [2.24, 2.45) is 0 Å². The Morgan fingerprint density at radius 2 is 1.67 bits per heavy atom. The van der Waals surface area contributed by atoms with Crippen LogP contribution in [0.3, 0.4) is 0 Å². The predicted octanol–water partition coefficient (Wildman–Crippen LogP) is 1.80. The molecule has 4 nitrogen and oxygen atoms in total. The van der Waals surface area contributed by atoms with Crippen molar-refractivity contribution in [1.29, 1.82) is 0 Å². The van der Waals surface area contributed by atoms with E-state index in [1.54, 1.807) is 24.3 Å². The van der Waals surface area contributed by atoms with Crippen molar-refractivity contribution in [2.45, 2.75) is 23.0 Å². The second-order valence-corrected chi connectivity index (χ2v) is 9.68. The van der Waals surface area contributed by atoms with Crippen molar-refractivity contribution in [1.82, 2.24) is 0 Å². The van der Waals surface area contributed by atoms with E-state index in [0.717, 1.165) is 0 Å². The van der Waals surface area contributed by atoms with Crippen molar-refractivity contribution in [3.63, 3.8) is 0 Å². The highest BCUT2D eigenvalue weighted by molar-refractivity contribution is 9.10. The summed E-state index contributed by atoms with van der Waals surface area (Å²) in [5.41, 5.74) is 0. The monoisotopic (exact) mass is 352 g/mol. The molecule has 0 radical (unpaired) electrons. The van der Waals surface area contributed by atoms with Crippen LogP contribution < -0.4 is 0 Å². The van der Waals surface area contributed by atoms with Gasteiger partial charge in [0.15, 0.2) is 9.84 Å². The normalized spacial score (nSPS) is 20.7. The van der Waals surface area contributed by atoms with E-state index in [2.05, 4.69) is 15.9 Å². The highest BCUT2D eigenvalue weighted by Crippen LogP contribution is 2.29. The van der Waals surface area contributed by atoms with E-state index in [-0.39, 0.29) is 29.2 Å². The lowest BCUT2D eigenvalue weighted by Gasteiger charge is -2.22. The van der Waals surface area contributed by atoms with Gasteiger partial charge in [0.25, 0.3) is 0 Å². The van der Waals surface area contributed by atoms with E-state index in [0.29, 0.717) is 4.47 Å². The zero-order valence-corrected chi connectivity index (χ0v) is 12.8. The Morgan fingerprint density at radius 1 is 1.11 bits per heavy atom. The summed E-state index contributed by atoms with van der Waals surface area (Å²) >= 11 is 3.22. The molecule has 0 amide bonds. The van der Waals surface area contributed by atoms with E-state index in [4.69, 9.17) is 0 Å². The molecule has 1 aromatic rings. The first-order valence-electron chi connectivity index (χ1n) is 5.52. The number of hydrogen-bond donors (Lipinski definition) is 0. The lowest BCUT2D eigenvalue weighted by Crippen LogP contribution is -2.32. The third-order valence-electron chi connectivity index (χ3n) is 3.08. The van der Waals surface area contributed by atoms with Crippen molar-refractivity contribution in [3.8, 4) is 0 Å². The molecular formula is C11H13BrO4S2. The van der Waals surface area contributed by atoms with Gasteiger partial charge in [0, 0.05) is 4.47 Å². The molecule has 0 spiro atoms. The van der Waals surface area contributed by atoms with Crippen LogP contribution in [0.4, 0.5) is 0 Å². The third kappa shape index (κ3) is 2.78. The van der Waals surface area contributed by atoms with Gasteiger partial charge in [-0.1, -0.05) is 12.1 Å². The van der Waals surface area contributed by atoms with Gasteiger partial charge in [0.1, 0.15) is 9.84 Å². The van der Waals surface area contributed by atoms with Crippen LogP contribution >= 0.6 is 15.9 Å². The Morgan fingerprint density at radius 3 is 2.22 bits per heavy atom. The molecule has 0 atom stereocenters. The van der Waals surface area contributed by atoms with Crippen LogP contribution in [-0.2, 0) is 19.7 Å². The van der Waals surface area contributed by atoms with E-state index in [9.17, 15) is 16.8 Å². The zero-order chi connectivity index (χ0) is 13.4. The van der Waals surface area contributed by atoms with Crippen LogP contribution in [0.25, 0.3) is 0 Å². The Bertz CT molecular complexity index is 635. The molecule has 1 heterocycles. The summed E-state index contributed by atoms with van der Waals surface area (Å²) in [7, 11) is -6.50. The molecule has 1 saturated heterocycles. The number of rotatable bonds is 2. The van der Waals surface area contributed by atoms with Crippen molar-refractivity contribution in [2.75, 3.05) is 11.5 Å². The maximum atomic E-state index is 12.4. The number of halogens is 1. The summed E-state index contributed by atoms with van der Waals surface area (Å²) in [5, 5.41) is -0.597. The minimum Gasteiger partial charge on any atom is -0.229 e. The highest BCUT2D eigenvalue weighted by atomic mass is 79.9. The minimum absolute atomic E-state index is 0.0403. The fourth-order valence-corrected chi connectivity index (χ4v) is 6.61. The van der Waals surface area contributed by atoms with E-state index in [1.165, 1.54) is 0 Å². The molecule has 0 aromatic heterocycles. The zero-order valence-electron chi connectivity index (χ0n) is 9.54. The van der Waals surface area contributed by atoms with Crippen LogP contribution in [0.1, 0.15) is 12.8 Å². The molecule has 18 heavy (non-hydrogen) atoms. The SMILES string of the molecule is O=S1(=O)CCC(S(=O)(=O)c2ccccc2Br)CC1. The average Bonchev–Trinajstić information content (AvgIpc) is 2.28. The van der Waals surface area contributed by atoms with Crippen LogP contribution in [0.15, 0.2) is 33.6 Å². The van der Waals surface area contributed by atoms with Gasteiger partial charge in [-0.15, -0.1) is 0 Å². The summed E-state index contributed by atoms with van der Waals surface area (Å²) in [5.74, 6) is -0.0807. The Balaban J connectivity index is 2.31. The van der Waals surface area contributed by atoms with Crippen LogP contribution in [0.2, 0.25) is 0 Å². The second-order valence-electron chi connectivity index (χ2n) is 4.33. The van der Waals surface area contributed by atoms with Gasteiger partial charge in [-0.2, -0.15) is 0 Å². The Labute approximate surface area is 115 Å². The fraction of sp³-hybridized carbons (Fsp3) is 0.455. The van der Waals surface area contributed by atoms with Crippen LogP contribution in [0.5, 0.6) is 0 Å². The standard InChI is InChI=1S/C11H13BrO4S2/c12-10-3-1-2-4-11(10)18(15,16)9-5-7-17(13,14)8-6-9/h1-4,9H,5-8H2. The Hall–Kier alpha value is -0.400. The first kappa shape index (κ1) is 14.0. The molecule has 1 aliphatic rings. The molecule has 7 heteroatoms. The first-order valence-corrected chi connectivity index (χ1v) is 9.68. The lowest BCUT2D eigenvalue weighted by molar-refractivity contribution is 0.552.